The second-order valence-corrected chi connectivity index (χ2v) is 6.44. The number of pyridine rings is 1. The molecule has 0 fully saturated rings. The molecule has 0 radical (unpaired) electrons. The Hall–Kier alpha value is -4.20. The number of aliphatic carboxylic acids is 1. The van der Waals surface area contributed by atoms with E-state index >= 15 is 0 Å². The molecule has 8 heteroatoms. The SMILES string of the molecule is CC(=O)O.COc1ccccc1C(=O)c1ccnc(NCc2ccc(C(=N)N)cc2)c1. The number of nitrogen functional groups attached to an aromatic ring is 1. The van der Waals surface area contributed by atoms with Crippen molar-refractivity contribution in [2.24, 2.45) is 5.73 Å². The van der Waals surface area contributed by atoms with Gasteiger partial charge in [0.2, 0.25) is 0 Å². The van der Waals surface area contributed by atoms with Crippen LogP contribution in [-0.4, -0.2) is 34.8 Å². The zero-order chi connectivity index (χ0) is 22.8. The minimum Gasteiger partial charge on any atom is -0.496 e. The number of methoxy groups -OCH3 is 1. The van der Waals surface area contributed by atoms with E-state index in [4.69, 9.17) is 25.8 Å². The number of rotatable bonds is 7. The van der Waals surface area contributed by atoms with Crippen molar-refractivity contribution in [3.63, 3.8) is 0 Å². The minimum absolute atomic E-state index is 0.0405. The topological polar surface area (TPSA) is 138 Å². The number of benzene rings is 2. The number of anilines is 1. The van der Waals surface area contributed by atoms with Crippen LogP contribution in [0.3, 0.4) is 0 Å². The number of carboxylic acid groups (broad SMARTS) is 1. The van der Waals surface area contributed by atoms with Crippen molar-refractivity contribution < 1.29 is 19.4 Å². The van der Waals surface area contributed by atoms with Gasteiger partial charge in [-0.1, -0.05) is 36.4 Å². The summed E-state index contributed by atoms with van der Waals surface area (Å²) in [6.07, 6.45) is 1.60. The molecular weight excluding hydrogens is 396 g/mol. The molecule has 2 aromatic carbocycles. The highest BCUT2D eigenvalue weighted by molar-refractivity contribution is 6.11. The Morgan fingerprint density at radius 1 is 1.10 bits per heavy atom. The maximum atomic E-state index is 12.8. The second kappa shape index (κ2) is 11.1. The fourth-order valence-electron chi connectivity index (χ4n) is 2.65. The largest absolute Gasteiger partial charge is 0.496 e. The summed E-state index contributed by atoms with van der Waals surface area (Å²) in [4.78, 5) is 26.1. The first kappa shape index (κ1) is 23.1. The Kier molecular flexibility index (Phi) is 8.27. The summed E-state index contributed by atoms with van der Waals surface area (Å²) >= 11 is 0. The number of nitrogens with one attached hydrogen (secondary N) is 2. The van der Waals surface area contributed by atoms with Crippen LogP contribution in [-0.2, 0) is 11.3 Å². The molecule has 0 spiro atoms. The van der Waals surface area contributed by atoms with Crippen molar-refractivity contribution in [1.29, 1.82) is 5.41 Å². The molecule has 0 amide bonds. The van der Waals surface area contributed by atoms with Crippen molar-refractivity contribution in [3.8, 4) is 5.75 Å². The smallest absolute Gasteiger partial charge is 0.300 e. The Morgan fingerprint density at radius 3 is 2.35 bits per heavy atom. The molecule has 0 unspecified atom stereocenters. The molecule has 0 atom stereocenters. The Morgan fingerprint density at radius 2 is 1.74 bits per heavy atom. The molecule has 0 aliphatic carbocycles. The standard InChI is InChI=1S/C21H20N4O2.C2H4O2/c1-27-18-5-3-2-4-17(18)20(26)16-10-11-24-19(12-16)25-13-14-6-8-15(9-7-14)21(22)23;1-2(3)4/h2-12H,13H2,1H3,(H3,22,23)(H,24,25);1H3,(H,3,4). The van der Waals surface area contributed by atoms with E-state index in [-0.39, 0.29) is 11.6 Å². The van der Waals surface area contributed by atoms with Gasteiger partial charge in [-0.2, -0.15) is 0 Å². The molecule has 0 aliphatic rings. The summed E-state index contributed by atoms with van der Waals surface area (Å²) in [5.41, 5.74) is 8.20. The van der Waals surface area contributed by atoms with E-state index in [0.29, 0.717) is 34.8 Å². The van der Waals surface area contributed by atoms with Crippen LogP contribution in [0.15, 0.2) is 66.9 Å². The van der Waals surface area contributed by atoms with Gasteiger partial charge in [0, 0.05) is 30.8 Å². The maximum Gasteiger partial charge on any atom is 0.300 e. The summed E-state index contributed by atoms with van der Waals surface area (Å²) in [5, 5.41) is 18.0. The van der Waals surface area contributed by atoms with Gasteiger partial charge in [-0.15, -0.1) is 0 Å². The van der Waals surface area contributed by atoms with E-state index in [0.717, 1.165) is 12.5 Å². The average Bonchev–Trinajstić information content (AvgIpc) is 2.77. The predicted molar refractivity (Wildman–Crippen MR) is 119 cm³/mol. The number of aromatic nitrogens is 1. The van der Waals surface area contributed by atoms with Gasteiger partial charge in [0.05, 0.1) is 12.7 Å². The van der Waals surface area contributed by atoms with Gasteiger partial charge in [0.1, 0.15) is 17.4 Å². The van der Waals surface area contributed by atoms with Crippen LogP contribution >= 0.6 is 0 Å². The molecule has 8 nitrogen and oxygen atoms in total. The summed E-state index contributed by atoms with van der Waals surface area (Å²) in [6.45, 7) is 1.62. The van der Waals surface area contributed by atoms with Gasteiger partial charge in [-0.3, -0.25) is 15.0 Å². The monoisotopic (exact) mass is 420 g/mol. The van der Waals surface area contributed by atoms with Crippen molar-refractivity contribution in [3.05, 3.63) is 89.1 Å². The molecule has 0 saturated carbocycles. The van der Waals surface area contributed by atoms with Gasteiger partial charge in [-0.05, 0) is 29.8 Å². The van der Waals surface area contributed by atoms with E-state index in [1.54, 1.807) is 55.8 Å². The number of nitrogens with zero attached hydrogens (tertiary/aromatic N) is 1. The fraction of sp³-hybridized carbons (Fsp3) is 0.130. The molecule has 1 aromatic heterocycles. The van der Waals surface area contributed by atoms with Crippen LogP contribution in [0.4, 0.5) is 5.82 Å². The van der Waals surface area contributed by atoms with Gasteiger partial charge in [-0.25, -0.2) is 4.98 Å². The Bertz CT molecular complexity index is 1060. The van der Waals surface area contributed by atoms with Crippen molar-refractivity contribution in [2.45, 2.75) is 13.5 Å². The number of hydrogen-bond acceptors (Lipinski definition) is 6. The molecule has 0 bridgehead atoms. The number of amidine groups is 1. The van der Waals surface area contributed by atoms with Crippen molar-refractivity contribution in [1.82, 2.24) is 4.98 Å². The molecule has 0 saturated heterocycles. The van der Waals surface area contributed by atoms with Crippen LogP contribution in [0.1, 0.15) is 34.0 Å². The Labute approximate surface area is 180 Å². The van der Waals surface area contributed by atoms with E-state index in [1.165, 1.54) is 0 Å². The molecule has 3 aromatic rings. The van der Waals surface area contributed by atoms with Crippen LogP contribution in [0.25, 0.3) is 0 Å². The summed E-state index contributed by atoms with van der Waals surface area (Å²) < 4.78 is 5.27. The van der Waals surface area contributed by atoms with E-state index in [9.17, 15) is 4.79 Å². The number of ketones is 1. The van der Waals surface area contributed by atoms with Gasteiger partial charge in [0.15, 0.2) is 5.78 Å². The molecule has 1 heterocycles. The molecule has 160 valence electrons. The third-order valence-corrected chi connectivity index (χ3v) is 4.11. The van der Waals surface area contributed by atoms with Crippen LogP contribution in [0.5, 0.6) is 5.75 Å². The third-order valence-electron chi connectivity index (χ3n) is 4.11. The first-order valence-corrected chi connectivity index (χ1v) is 9.32. The summed E-state index contributed by atoms with van der Waals surface area (Å²) in [5.74, 6) is 0.230. The van der Waals surface area contributed by atoms with Crippen LogP contribution < -0.4 is 15.8 Å². The molecule has 0 aliphatic heterocycles. The highest BCUT2D eigenvalue weighted by Crippen LogP contribution is 2.22. The minimum atomic E-state index is -0.833. The highest BCUT2D eigenvalue weighted by Gasteiger charge is 2.14. The van der Waals surface area contributed by atoms with Crippen molar-refractivity contribution in [2.75, 3.05) is 12.4 Å². The number of carbonyl (C=O) groups is 2. The number of para-hydroxylation sites is 1. The van der Waals surface area contributed by atoms with Gasteiger partial charge in [0.25, 0.3) is 5.97 Å². The quantitative estimate of drug-likeness (QED) is 0.261. The number of nitrogens with two attached hydrogens (primary N) is 1. The number of ether oxygens (including phenoxy) is 1. The fourth-order valence-corrected chi connectivity index (χ4v) is 2.65. The lowest BCUT2D eigenvalue weighted by Gasteiger charge is -2.10. The van der Waals surface area contributed by atoms with Gasteiger partial charge >= 0.3 is 0 Å². The lowest BCUT2D eigenvalue weighted by molar-refractivity contribution is -0.134. The third kappa shape index (κ3) is 6.97. The summed E-state index contributed by atoms with van der Waals surface area (Å²) in [7, 11) is 1.54. The predicted octanol–water partition coefficient (Wildman–Crippen LogP) is 3.31. The molecular formula is C23H24N4O4. The van der Waals surface area contributed by atoms with Gasteiger partial charge < -0.3 is 20.9 Å². The Balaban J connectivity index is 0.000000785. The first-order chi connectivity index (χ1) is 14.8. The molecule has 3 rings (SSSR count). The first-order valence-electron chi connectivity index (χ1n) is 9.32. The molecule has 31 heavy (non-hydrogen) atoms. The average molecular weight is 420 g/mol. The van der Waals surface area contributed by atoms with E-state index in [2.05, 4.69) is 10.3 Å². The number of hydrogen-bond donors (Lipinski definition) is 4. The lowest BCUT2D eigenvalue weighted by atomic mass is 10.0. The zero-order valence-corrected chi connectivity index (χ0v) is 17.3. The van der Waals surface area contributed by atoms with Crippen molar-refractivity contribution >= 4 is 23.4 Å². The molecule has 5 N–H and O–H groups in total. The second-order valence-electron chi connectivity index (χ2n) is 6.44. The lowest BCUT2D eigenvalue weighted by Crippen LogP contribution is -2.11. The van der Waals surface area contributed by atoms with E-state index < -0.39 is 5.97 Å². The zero-order valence-electron chi connectivity index (χ0n) is 17.3. The van der Waals surface area contributed by atoms with Crippen LogP contribution in [0, 0.1) is 5.41 Å². The van der Waals surface area contributed by atoms with Crippen LogP contribution in [0.2, 0.25) is 0 Å². The maximum absolute atomic E-state index is 12.8. The highest BCUT2D eigenvalue weighted by atomic mass is 16.5. The normalized spacial score (nSPS) is 9.74. The number of carbonyl (C=O) groups excluding carboxylic acids is 1. The van der Waals surface area contributed by atoms with E-state index in [1.807, 2.05) is 18.2 Å². The summed E-state index contributed by atoms with van der Waals surface area (Å²) in [6, 6.07) is 17.9. The number of carboxylic acids is 1.